The Kier molecular flexibility index (Phi) is 2.97. The van der Waals surface area contributed by atoms with Crippen molar-refractivity contribution in [2.45, 2.75) is 39.2 Å². The van der Waals surface area contributed by atoms with E-state index < -0.39 is 5.82 Å². The summed E-state index contributed by atoms with van der Waals surface area (Å²) in [7, 11) is 0. The van der Waals surface area contributed by atoms with Crippen LogP contribution in [0.5, 0.6) is 0 Å². The molecule has 0 heterocycles. The molecule has 102 valence electrons. The maximum Gasteiger partial charge on any atom is 0.170 e. The van der Waals surface area contributed by atoms with Crippen LogP contribution in [0.3, 0.4) is 0 Å². The normalized spacial score (nSPS) is 32.8. The van der Waals surface area contributed by atoms with E-state index in [0.717, 1.165) is 30.4 Å². The van der Waals surface area contributed by atoms with Crippen LogP contribution in [-0.4, -0.2) is 11.8 Å². The van der Waals surface area contributed by atoms with E-state index in [2.05, 4.69) is 0 Å². The predicted octanol–water partition coefficient (Wildman–Crippen LogP) is 3.00. The number of aryl methyl sites for hydroxylation is 2. The summed E-state index contributed by atoms with van der Waals surface area (Å²) in [5, 5.41) is 0. The average Bonchev–Trinajstić information content (AvgIpc) is 2.87. The zero-order valence-electron chi connectivity index (χ0n) is 11.4. The standard InChI is InChI=1S/C16H20FNO/c1-8-5-9(2)13(12(17)6-8)16(19)14-10-3-4-11(7-10)15(14)18/h5-6,10-11,14-15H,3-4,7,18H2,1-2H3. The first-order valence-corrected chi connectivity index (χ1v) is 7.05. The topological polar surface area (TPSA) is 43.1 Å². The molecule has 2 saturated carbocycles. The van der Waals surface area contributed by atoms with Crippen molar-refractivity contribution in [2.75, 3.05) is 0 Å². The number of hydrogen-bond donors (Lipinski definition) is 1. The van der Waals surface area contributed by atoms with Gasteiger partial charge in [-0.25, -0.2) is 4.39 Å². The molecule has 2 nitrogen and oxygen atoms in total. The van der Waals surface area contributed by atoms with Crippen LogP contribution in [0.25, 0.3) is 0 Å². The number of carbonyl (C=O) groups excluding carboxylic acids is 1. The van der Waals surface area contributed by atoms with Gasteiger partial charge >= 0.3 is 0 Å². The highest BCUT2D eigenvalue weighted by atomic mass is 19.1. The number of nitrogens with two attached hydrogens (primary N) is 1. The van der Waals surface area contributed by atoms with Gasteiger partial charge in [0.15, 0.2) is 5.78 Å². The third-order valence-electron chi connectivity index (χ3n) is 4.96. The smallest absolute Gasteiger partial charge is 0.170 e. The van der Waals surface area contributed by atoms with Crippen LogP contribution in [0.1, 0.15) is 40.7 Å². The molecular weight excluding hydrogens is 241 g/mol. The van der Waals surface area contributed by atoms with E-state index in [9.17, 15) is 9.18 Å². The average molecular weight is 261 g/mol. The zero-order chi connectivity index (χ0) is 13.7. The molecule has 0 saturated heterocycles. The second-order valence-electron chi connectivity index (χ2n) is 6.24. The Balaban J connectivity index is 1.97. The maximum atomic E-state index is 14.1. The molecule has 2 aliphatic carbocycles. The fourth-order valence-electron chi connectivity index (χ4n) is 4.12. The summed E-state index contributed by atoms with van der Waals surface area (Å²) in [6, 6.07) is 3.24. The molecule has 2 aliphatic rings. The van der Waals surface area contributed by atoms with Crippen LogP contribution < -0.4 is 5.73 Å². The zero-order valence-corrected chi connectivity index (χ0v) is 11.4. The first-order valence-electron chi connectivity index (χ1n) is 7.05. The molecule has 3 heteroatoms. The maximum absolute atomic E-state index is 14.1. The van der Waals surface area contributed by atoms with Gasteiger partial charge in [-0.1, -0.05) is 6.07 Å². The molecule has 3 rings (SSSR count). The lowest BCUT2D eigenvalue weighted by Gasteiger charge is -2.27. The summed E-state index contributed by atoms with van der Waals surface area (Å²) >= 11 is 0. The second-order valence-corrected chi connectivity index (χ2v) is 6.24. The summed E-state index contributed by atoms with van der Waals surface area (Å²) in [5.41, 5.74) is 8.04. The number of fused-ring (bicyclic) bond motifs is 2. The van der Waals surface area contributed by atoms with Crippen molar-refractivity contribution >= 4 is 5.78 Å². The van der Waals surface area contributed by atoms with Crippen LogP contribution in [0.15, 0.2) is 12.1 Å². The minimum absolute atomic E-state index is 0.0744. The molecule has 2 bridgehead atoms. The molecule has 0 aromatic heterocycles. The van der Waals surface area contributed by atoms with E-state index >= 15 is 0 Å². The van der Waals surface area contributed by atoms with Crippen LogP contribution in [0.2, 0.25) is 0 Å². The van der Waals surface area contributed by atoms with E-state index in [-0.39, 0.29) is 23.3 Å². The van der Waals surface area contributed by atoms with Gasteiger partial charge in [-0.15, -0.1) is 0 Å². The fourth-order valence-corrected chi connectivity index (χ4v) is 4.12. The van der Waals surface area contributed by atoms with E-state index in [4.69, 9.17) is 5.73 Å². The second kappa shape index (κ2) is 4.41. The van der Waals surface area contributed by atoms with Gasteiger partial charge in [0.05, 0.1) is 5.56 Å². The molecule has 0 radical (unpaired) electrons. The van der Waals surface area contributed by atoms with E-state index in [1.807, 2.05) is 19.9 Å². The first-order chi connectivity index (χ1) is 8.99. The minimum atomic E-state index is -0.391. The van der Waals surface area contributed by atoms with Gasteiger partial charge in [-0.2, -0.15) is 0 Å². The summed E-state index contributed by atoms with van der Waals surface area (Å²) < 4.78 is 14.1. The number of rotatable bonds is 2. The lowest BCUT2D eigenvalue weighted by atomic mass is 9.79. The fraction of sp³-hybridized carbons (Fsp3) is 0.562. The lowest BCUT2D eigenvalue weighted by molar-refractivity contribution is 0.0851. The SMILES string of the molecule is Cc1cc(C)c(C(=O)C2C3CCC(C3)C2N)c(F)c1. The lowest BCUT2D eigenvalue weighted by Crippen LogP contribution is -2.40. The van der Waals surface area contributed by atoms with Crippen LogP contribution >= 0.6 is 0 Å². The van der Waals surface area contributed by atoms with Crippen molar-refractivity contribution in [3.8, 4) is 0 Å². The minimum Gasteiger partial charge on any atom is -0.327 e. The van der Waals surface area contributed by atoms with Gasteiger partial charge < -0.3 is 5.73 Å². The summed E-state index contributed by atoms with van der Waals surface area (Å²) in [6.07, 6.45) is 3.25. The third-order valence-corrected chi connectivity index (χ3v) is 4.96. The quantitative estimate of drug-likeness (QED) is 0.832. The van der Waals surface area contributed by atoms with Crippen molar-refractivity contribution in [3.05, 3.63) is 34.6 Å². The molecule has 4 unspecified atom stereocenters. The van der Waals surface area contributed by atoms with E-state index in [1.165, 1.54) is 6.07 Å². The Morgan fingerprint density at radius 1 is 1.26 bits per heavy atom. The molecule has 0 amide bonds. The Labute approximate surface area is 113 Å². The van der Waals surface area contributed by atoms with E-state index in [0.29, 0.717) is 11.8 Å². The predicted molar refractivity (Wildman–Crippen MR) is 72.5 cm³/mol. The Morgan fingerprint density at radius 3 is 2.53 bits per heavy atom. The Hall–Kier alpha value is -1.22. The Bertz CT molecular complexity index is 515. The van der Waals surface area contributed by atoms with Crippen LogP contribution in [0, 0.1) is 37.4 Å². The summed E-state index contributed by atoms with van der Waals surface area (Å²) in [6.45, 7) is 3.65. The molecule has 19 heavy (non-hydrogen) atoms. The molecular formula is C16H20FNO. The molecule has 0 aliphatic heterocycles. The summed E-state index contributed by atoms with van der Waals surface area (Å²) in [5.74, 6) is 0.196. The molecule has 4 atom stereocenters. The Morgan fingerprint density at radius 2 is 1.95 bits per heavy atom. The highest BCUT2D eigenvalue weighted by Gasteiger charge is 2.49. The van der Waals surface area contributed by atoms with Crippen molar-refractivity contribution in [1.82, 2.24) is 0 Å². The largest absolute Gasteiger partial charge is 0.327 e. The number of hydrogen-bond acceptors (Lipinski definition) is 2. The molecule has 2 fully saturated rings. The van der Waals surface area contributed by atoms with Gasteiger partial charge in [0.25, 0.3) is 0 Å². The van der Waals surface area contributed by atoms with Crippen molar-refractivity contribution < 1.29 is 9.18 Å². The highest BCUT2D eigenvalue weighted by molar-refractivity contribution is 6.00. The van der Waals surface area contributed by atoms with E-state index in [1.54, 1.807) is 0 Å². The molecule has 1 aromatic rings. The van der Waals surface area contributed by atoms with Crippen molar-refractivity contribution in [3.63, 3.8) is 0 Å². The number of halogens is 1. The number of Topliss-reactive ketones (excluding diaryl/α,β-unsaturated/α-hetero) is 1. The van der Waals surface area contributed by atoms with Crippen LogP contribution in [-0.2, 0) is 0 Å². The monoisotopic (exact) mass is 261 g/mol. The van der Waals surface area contributed by atoms with Gasteiger partial charge in [0.2, 0.25) is 0 Å². The van der Waals surface area contributed by atoms with Crippen molar-refractivity contribution in [1.29, 1.82) is 0 Å². The number of benzene rings is 1. The summed E-state index contributed by atoms with van der Waals surface area (Å²) in [4.78, 5) is 12.7. The number of carbonyl (C=O) groups is 1. The van der Waals surface area contributed by atoms with Gasteiger partial charge in [0.1, 0.15) is 5.82 Å². The molecule has 2 N–H and O–H groups in total. The highest BCUT2D eigenvalue weighted by Crippen LogP contribution is 2.48. The molecule has 0 spiro atoms. The van der Waals surface area contributed by atoms with Gasteiger partial charge in [-0.05, 0) is 62.1 Å². The molecule has 1 aromatic carbocycles. The van der Waals surface area contributed by atoms with Gasteiger partial charge in [-0.3, -0.25) is 4.79 Å². The van der Waals surface area contributed by atoms with Crippen LogP contribution in [0.4, 0.5) is 4.39 Å². The number of ketones is 1. The van der Waals surface area contributed by atoms with Crippen molar-refractivity contribution in [2.24, 2.45) is 23.5 Å². The first kappa shape index (κ1) is 12.8. The third kappa shape index (κ3) is 1.91. The van der Waals surface area contributed by atoms with Gasteiger partial charge in [0, 0.05) is 12.0 Å².